The molecule has 0 atom stereocenters. The Bertz CT molecular complexity index is 2680. The quantitative estimate of drug-likeness (QED) is 0.161. The topological polar surface area (TPSA) is 125 Å². The summed E-state index contributed by atoms with van der Waals surface area (Å²) in [6, 6.07) is 0. The number of alkyl halides is 12. The number of rotatable bonds is 3. The van der Waals surface area contributed by atoms with Gasteiger partial charge in [-0.25, -0.2) is 34.9 Å². The van der Waals surface area contributed by atoms with E-state index in [4.69, 9.17) is 0 Å². The van der Waals surface area contributed by atoms with Crippen molar-refractivity contribution in [2.45, 2.75) is 139 Å². The van der Waals surface area contributed by atoms with E-state index in [0.29, 0.717) is 36.3 Å². The standard InChI is InChI=1S/C10H18N2.C8H14N2.C7H12N2.C6H4F6N2.2C6H7F3N2.C6H10N2/c1-7(2)9-6-11-10(8(3)4)12(9)5;1-6(2)8-9-5-7(3)10(8)4;1-5-6(2)9(4)7(3)8-5;1-14-3(5(7,8)9)2-13-4(14)6(10,11)12;1-4-10-3-5(11(4)2)6(7,8)9;1-4-3-10-5(11(4)2)6(7,8)9;1-5-4-7-6(2)8(5)3/h6-8H,1-5H3;5-6H,1-4H3;1-4H3;2H,1H3;2*3H,1-2H3;4H,1-3H3. The van der Waals surface area contributed by atoms with Crippen LogP contribution < -0.4 is 0 Å². The van der Waals surface area contributed by atoms with Crippen LogP contribution in [-0.2, 0) is 74.0 Å². The molecule has 0 saturated carbocycles. The van der Waals surface area contributed by atoms with Gasteiger partial charge in [0.1, 0.15) is 40.5 Å². The summed E-state index contributed by atoms with van der Waals surface area (Å²) >= 11 is 0. The van der Waals surface area contributed by atoms with Crippen LogP contribution in [0, 0.1) is 55.4 Å². The van der Waals surface area contributed by atoms with Crippen LogP contribution >= 0.6 is 0 Å². The number of aromatic nitrogens is 14. The molecule has 7 aromatic heterocycles. The number of hydrogen-bond donors (Lipinski definition) is 0. The molecule has 7 rings (SSSR count). The maximum atomic E-state index is 12.0. The monoisotopic (exact) mass is 1080 g/mol. The molecule has 422 valence electrons. The zero-order valence-corrected chi connectivity index (χ0v) is 46.5. The lowest BCUT2D eigenvalue weighted by Crippen LogP contribution is -2.17. The van der Waals surface area contributed by atoms with Gasteiger partial charge in [-0.1, -0.05) is 41.5 Å². The number of aryl methyl sites for hydroxylation is 7. The summed E-state index contributed by atoms with van der Waals surface area (Å²) in [5, 5.41) is 0. The van der Waals surface area contributed by atoms with E-state index in [1.807, 2.05) is 60.4 Å². The van der Waals surface area contributed by atoms with E-state index < -0.39 is 47.7 Å². The van der Waals surface area contributed by atoms with Gasteiger partial charge >= 0.3 is 24.7 Å². The second-order valence-corrected chi connectivity index (χ2v) is 18.3. The minimum atomic E-state index is -4.88. The smallest absolute Gasteiger partial charge is 0.336 e. The molecule has 0 radical (unpaired) electrons. The van der Waals surface area contributed by atoms with Gasteiger partial charge in [0.2, 0.25) is 11.6 Å². The molecule has 7 heterocycles. The minimum Gasteiger partial charge on any atom is -0.336 e. The van der Waals surface area contributed by atoms with Gasteiger partial charge in [-0.05, 0) is 61.3 Å². The van der Waals surface area contributed by atoms with Gasteiger partial charge in [0, 0.05) is 114 Å². The van der Waals surface area contributed by atoms with E-state index in [0.717, 1.165) is 38.5 Å². The Balaban J connectivity index is 0.000000440. The Kier molecular flexibility index (Phi) is 23.9. The summed E-state index contributed by atoms with van der Waals surface area (Å²) in [5.74, 6) is 4.05. The fourth-order valence-corrected chi connectivity index (χ4v) is 6.52. The van der Waals surface area contributed by atoms with Crippen molar-refractivity contribution in [3.63, 3.8) is 0 Å². The van der Waals surface area contributed by atoms with Crippen LogP contribution in [0.15, 0.2) is 37.2 Å². The third kappa shape index (κ3) is 19.1. The van der Waals surface area contributed by atoms with Crippen molar-refractivity contribution in [2.75, 3.05) is 0 Å². The molecule has 0 aromatic carbocycles. The Morgan fingerprint density at radius 1 is 0.347 bits per heavy atom. The van der Waals surface area contributed by atoms with E-state index in [9.17, 15) is 52.7 Å². The minimum absolute atomic E-state index is 0.0278. The van der Waals surface area contributed by atoms with Gasteiger partial charge < -0.3 is 32.0 Å². The summed E-state index contributed by atoms with van der Waals surface area (Å²) in [7, 11) is 11.5. The highest BCUT2D eigenvalue weighted by molar-refractivity contribution is 5.14. The molecule has 0 fully saturated rings. The van der Waals surface area contributed by atoms with Crippen LogP contribution in [0.2, 0.25) is 0 Å². The van der Waals surface area contributed by atoms with E-state index in [1.165, 1.54) is 55.8 Å². The Labute approximate surface area is 430 Å². The van der Waals surface area contributed by atoms with Crippen LogP contribution in [0.3, 0.4) is 0 Å². The first-order chi connectivity index (χ1) is 34.0. The summed E-state index contributed by atoms with van der Waals surface area (Å²) in [6.45, 7) is 28.4. The zero-order chi connectivity index (χ0) is 58.6. The fraction of sp³-hybridized carbons (Fsp3) is 0.571. The van der Waals surface area contributed by atoms with Crippen molar-refractivity contribution >= 4 is 0 Å². The van der Waals surface area contributed by atoms with Gasteiger partial charge in [-0.15, -0.1) is 0 Å². The van der Waals surface area contributed by atoms with Crippen LogP contribution in [-0.4, -0.2) is 66.9 Å². The SMILES string of the molecule is CC(C)c1cnc(C(C)C)n1C.Cc1cnc(C(C)C)n1C.Cc1cnc(C(F)(F)F)n1C.Cc1cnc(C)n1C.Cc1nc(C)n(C)c1C.Cc1ncc(C(F)(F)F)n1C.Cn1c(C(F)(F)F)cnc1C(F)(F)F. The Hall–Kier alpha value is -6.37. The molecule has 0 bridgehead atoms. The molecule has 75 heavy (non-hydrogen) atoms. The van der Waals surface area contributed by atoms with Crippen LogP contribution in [0.1, 0.15) is 146 Å². The predicted octanol–water partition coefficient (Wildman–Crippen LogP) is 12.9. The predicted molar refractivity (Wildman–Crippen MR) is 263 cm³/mol. The molecular weight excluding hydrogens is 1010 g/mol. The summed E-state index contributed by atoms with van der Waals surface area (Å²) in [4.78, 5) is 26.5. The first-order valence-electron chi connectivity index (χ1n) is 23.2. The van der Waals surface area contributed by atoms with Crippen molar-refractivity contribution in [3.8, 4) is 0 Å². The van der Waals surface area contributed by atoms with Gasteiger partial charge in [-0.2, -0.15) is 52.7 Å². The van der Waals surface area contributed by atoms with Gasteiger partial charge in [0.05, 0.1) is 18.1 Å². The van der Waals surface area contributed by atoms with Crippen molar-refractivity contribution in [2.24, 2.45) is 49.3 Å². The summed E-state index contributed by atoms with van der Waals surface area (Å²) in [6.07, 6.45) is -10.4. The highest BCUT2D eigenvalue weighted by Gasteiger charge is 2.42. The number of imidazole rings is 7. The average molecular weight is 1090 g/mol. The Morgan fingerprint density at radius 3 is 0.893 bits per heavy atom. The third-order valence-electron chi connectivity index (χ3n) is 11.8. The van der Waals surface area contributed by atoms with E-state index in [2.05, 4.69) is 123 Å². The summed E-state index contributed by atoms with van der Waals surface area (Å²) < 4.78 is 154. The summed E-state index contributed by atoms with van der Waals surface area (Å²) in [5.41, 5.74) is 4.50. The lowest BCUT2D eigenvalue weighted by atomic mass is 10.1. The number of nitrogens with zero attached hydrogens (tertiary/aromatic N) is 14. The average Bonchev–Trinajstić information content (AvgIpc) is 4.16. The molecule has 26 heteroatoms. The first-order valence-corrected chi connectivity index (χ1v) is 23.2. The van der Waals surface area contributed by atoms with Gasteiger partial charge in [-0.3, -0.25) is 0 Å². The second kappa shape index (κ2) is 26.9. The largest absolute Gasteiger partial charge is 0.449 e. The van der Waals surface area contributed by atoms with Crippen molar-refractivity contribution in [1.82, 2.24) is 66.9 Å². The molecular formula is C49H72F12N14. The van der Waals surface area contributed by atoms with Gasteiger partial charge in [0.15, 0.2) is 0 Å². The number of hydrogen-bond acceptors (Lipinski definition) is 7. The van der Waals surface area contributed by atoms with Crippen molar-refractivity contribution < 1.29 is 52.7 Å². The number of halogens is 12. The maximum absolute atomic E-state index is 12.0. The molecule has 0 amide bonds. The highest BCUT2D eigenvalue weighted by atomic mass is 19.4. The third-order valence-corrected chi connectivity index (χ3v) is 11.8. The van der Waals surface area contributed by atoms with E-state index in [1.54, 1.807) is 6.92 Å². The lowest BCUT2D eigenvalue weighted by molar-refractivity contribution is -0.153. The lowest BCUT2D eigenvalue weighted by Gasteiger charge is -2.10. The molecule has 0 spiro atoms. The maximum Gasteiger partial charge on any atom is 0.449 e. The molecule has 14 nitrogen and oxygen atoms in total. The molecule has 0 aliphatic carbocycles. The molecule has 0 unspecified atom stereocenters. The zero-order valence-electron chi connectivity index (χ0n) is 46.5. The molecule has 7 aromatic rings. The Morgan fingerprint density at radius 2 is 0.707 bits per heavy atom. The molecule has 0 aliphatic heterocycles. The molecule has 0 saturated heterocycles. The van der Waals surface area contributed by atoms with Crippen LogP contribution in [0.5, 0.6) is 0 Å². The first kappa shape index (κ1) is 66.6. The second-order valence-electron chi connectivity index (χ2n) is 18.3. The van der Waals surface area contributed by atoms with Crippen LogP contribution in [0.4, 0.5) is 52.7 Å². The van der Waals surface area contributed by atoms with E-state index in [-0.39, 0.29) is 10.8 Å². The van der Waals surface area contributed by atoms with Crippen LogP contribution in [0.25, 0.3) is 0 Å². The van der Waals surface area contributed by atoms with E-state index >= 15 is 0 Å². The fourth-order valence-electron chi connectivity index (χ4n) is 6.52. The van der Waals surface area contributed by atoms with Crippen molar-refractivity contribution in [1.29, 1.82) is 0 Å². The molecule has 0 N–H and O–H groups in total. The molecule has 0 aliphatic rings. The van der Waals surface area contributed by atoms with Gasteiger partial charge in [0.25, 0.3) is 0 Å². The highest BCUT2D eigenvalue weighted by Crippen LogP contribution is 2.34. The normalized spacial score (nSPS) is 11.6. The van der Waals surface area contributed by atoms with Crippen molar-refractivity contribution in [3.05, 3.63) is 124 Å².